The molecule has 21 heavy (non-hydrogen) atoms. The summed E-state index contributed by atoms with van der Waals surface area (Å²) in [6.07, 6.45) is 0. The average Bonchev–Trinajstić information content (AvgIpc) is 2.52. The van der Waals surface area contributed by atoms with E-state index >= 15 is 0 Å². The average molecular weight is 337 g/mol. The lowest BCUT2D eigenvalue weighted by atomic mass is 9.82. The SMILES string of the molecule is O=C1c2ccccc2C(=O)c2c1ccc1c(Br)cccc21. The highest BCUT2D eigenvalue weighted by atomic mass is 79.9. The smallest absolute Gasteiger partial charge is 0.195 e. The molecule has 0 spiro atoms. The molecule has 3 aromatic rings. The second-order valence-electron chi connectivity index (χ2n) is 5.03. The van der Waals surface area contributed by atoms with Gasteiger partial charge < -0.3 is 0 Å². The van der Waals surface area contributed by atoms with Crippen LogP contribution in [0.4, 0.5) is 0 Å². The van der Waals surface area contributed by atoms with Gasteiger partial charge in [0, 0.05) is 26.7 Å². The van der Waals surface area contributed by atoms with E-state index in [1.54, 1.807) is 30.3 Å². The lowest BCUT2D eigenvalue weighted by molar-refractivity contribution is 0.0980. The van der Waals surface area contributed by atoms with Gasteiger partial charge in [-0.05, 0) is 22.9 Å². The van der Waals surface area contributed by atoms with Crippen molar-refractivity contribution in [2.45, 2.75) is 0 Å². The van der Waals surface area contributed by atoms with Crippen LogP contribution in [0.25, 0.3) is 10.8 Å². The minimum absolute atomic E-state index is 0.0797. The number of carbonyl (C=O) groups excluding carboxylic acids is 2. The fraction of sp³-hybridized carbons (Fsp3) is 0. The highest BCUT2D eigenvalue weighted by molar-refractivity contribution is 9.10. The van der Waals surface area contributed by atoms with E-state index in [-0.39, 0.29) is 11.6 Å². The van der Waals surface area contributed by atoms with Crippen LogP contribution in [-0.4, -0.2) is 11.6 Å². The number of hydrogen-bond donors (Lipinski definition) is 0. The Balaban J connectivity index is 2.14. The Kier molecular flexibility index (Phi) is 2.59. The first-order valence-corrected chi connectivity index (χ1v) is 7.37. The van der Waals surface area contributed by atoms with E-state index in [0.29, 0.717) is 22.3 Å². The van der Waals surface area contributed by atoms with Crippen molar-refractivity contribution < 1.29 is 9.59 Å². The van der Waals surface area contributed by atoms with Crippen molar-refractivity contribution in [3.63, 3.8) is 0 Å². The Morgan fingerprint density at radius 3 is 2.10 bits per heavy atom. The van der Waals surface area contributed by atoms with Gasteiger partial charge in [-0.15, -0.1) is 0 Å². The highest BCUT2D eigenvalue weighted by Crippen LogP contribution is 2.34. The third kappa shape index (κ3) is 1.64. The maximum Gasteiger partial charge on any atom is 0.195 e. The van der Waals surface area contributed by atoms with Crippen molar-refractivity contribution >= 4 is 38.3 Å². The summed E-state index contributed by atoms with van der Waals surface area (Å²) in [6.45, 7) is 0. The fourth-order valence-electron chi connectivity index (χ4n) is 2.91. The molecule has 4 rings (SSSR count). The van der Waals surface area contributed by atoms with Crippen molar-refractivity contribution in [2.24, 2.45) is 0 Å². The molecule has 0 N–H and O–H groups in total. The summed E-state index contributed by atoms with van der Waals surface area (Å²) < 4.78 is 0.918. The normalized spacial score (nSPS) is 13.2. The van der Waals surface area contributed by atoms with Crippen LogP contribution in [0.3, 0.4) is 0 Å². The molecule has 0 saturated heterocycles. The second-order valence-corrected chi connectivity index (χ2v) is 5.88. The van der Waals surface area contributed by atoms with Crippen LogP contribution in [-0.2, 0) is 0 Å². The van der Waals surface area contributed by atoms with Crippen LogP contribution in [0.1, 0.15) is 31.8 Å². The molecular weight excluding hydrogens is 328 g/mol. The van der Waals surface area contributed by atoms with Crippen molar-refractivity contribution in [1.82, 2.24) is 0 Å². The van der Waals surface area contributed by atoms with Crippen LogP contribution in [0.2, 0.25) is 0 Å². The van der Waals surface area contributed by atoms with Gasteiger partial charge >= 0.3 is 0 Å². The van der Waals surface area contributed by atoms with Crippen molar-refractivity contribution in [2.75, 3.05) is 0 Å². The Bertz CT molecular complexity index is 941. The Hall–Kier alpha value is -2.26. The molecule has 0 heterocycles. The highest BCUT2D eigenvalue weighted by Gasteiger charge is 2.30. The van der Waals surface area contributed by atoms with Crippen LogP contribution >= 0.6 is 15.9 Å². The van der Waals surface area contributed by atoms with Crippen molar-refractivity contribution in [3.05, 3.63) is 81.3 Å². The second kappa shape index (κ2) is 4.37. The molecule has 0 amide bonds. The van der Waals surface area contributed by atoms with Gasteiger partial charge in [-0.1, -0.05) is 58.4 Å². The van der Waals surface area contributed by atoms with Gasteiger partial charge in [0.2, 0.25) is 0 Å². The number of hydrogen-bond acceptors (Lipinski definition) is 2. The number of rotatable bonds is 0. The molecule has 0 fully saturated rings. The molecule has 0 aromatic heterocycles. The predicted molar refractivity (Wildman–Crippen MR) is 85.0 cm³/mol. The lowest BCUT2D eigenvalue weighted by Gasteiger charge is -2.19. The van der Waals surface area contributed by atoms with Crippen LogP contribution in [0.15, 0.2) is 59.1 Å². The van der Waals surface area contributed by atoms with Gasteiger partial charge in [0.05, 0.1) is 0 Å². The van der Waals surface area contributed by atoms with Crippen molar-refractivity contribution in [1.29, 1.82) is 0 Å². The zero-order valence-electron chi connectivity index (χ0n) is 10.9. The van der Waals surface area contributed by atoms with Gasteiger partial charge in [0.1, 0.15) is 0 Å². The molecule has 0 saturated carbocycles. The summed E-state index contributed by atoms with van der Waals surface area (Å²) in [7, 11) is 0. The van der Waals surface area contributed by atoms with E-state index in [1.165, 1.54) is 0 Å². The molecule has 1 aliphatic rings. The zero-order chi connectivity index (χ0) is 14.6. The molecule has 0 atom stereocenters. The lowest BCUT2D eigenvalue weighted by Crippen LogP contribution is -2.21. The van der Waals surface area contributed by atoms with Crippen LogP contribution < -0.4 is 0 Å². The van der Waals surface area contributed by atoms with Gasteiger partial charge in [0.15, 0.2) is 11.6 Å². The number of fused-ring (bicyclic) bond motifs is 4. The summed E-state index contributed by atoms with van der Waals surface area (Å²) in [6, 6.07) is 16.3. The quantitative estimate of drug-likeness (QED) is 0.477. The van der Waals surface area contributed by atoms with Gasteiger partial charge in [0.25, 0.3) is 0 Å². The third-order valence-electron chi connectivity index (χ3n) is 3.90. The predicted octanol–water partition coefficient (Wildman–Crippen LogP) is 4.38. The van der Waals surface area contributed by atoms with Crippen molar-refractivity contribution in [3.8, 4) is 0 Å². The molecule has 3 heteroatoms. The molecule has 3 aromatic carbocycles. The molecular formula is C18H9BrO2. The van der Waals surface area contributed by atoms with E-state index in [4.69, 9.17) is 0 Å². The first kappa shape index (κ1) is 12.5. The fourth-order valence-corrected chi connectivity index (χ4v) is 3.41. The van der Waals surface area contributed by atoms with E-state index in [9.17, 15) is 9.59 Å². The van der Waals surface area contributed by atoms with E-state index < -0.39 is 0 Å². The zero-order valence-corrected chi connectivity index (χ0v) is 12.5. The van der Waals surface area contributed by atoms with Gasteiger partial charge in [-0.2, -0.15) is 0 Å². The van der Waals surface area contributed by atoms with Gasteiger partial charge in [-0.3, -0.25) is 9.59 Å². The molecule has 2 nitrogen and oxygen atoms in total. The van der Waals surface area contributed by atoms with E-state index in [2.05, 4.69) is 15.9 Å². The Labute approximate surface area is 129 Å². The summed E-state index contributed by atoms with van der Waals surface area (Å²) in [5, 5.41) is 1.76. The minimum Gasteiger partial charge on any atom is -0.289 e. The number of halogens is 1. The van der Waals surface area contributed by atoms with Crippen LogP contribution in [0.5, 0.6) is 0 Å². The van der Waals surface area contributed by atoms with Gasteiger partial charge in [-0.25, -0.2) is 0 Å². The number of ketones is 2. The first-order chi connectivity index (χ1) is 10.2. The Morgan fingerprint density at radius 1 is 0.619 bits per heavy atom. The first-order valence-electron chi connectivity index (χ1n) is 6.58. The molecule has 0 radical (unpaired) electrons. The Morgan fingerprint density at radius 2 is 1.33 bits per heavy atom. The molecule has 1 aliphatic carbocycles. The largest absolute Gasteiger partial charge is 0.289 e. The minimum atomic E-state index is -0.0814. The van der Waals surface area contributed by atoms with E-state index in [1.807, 2.05) is 24.3 Å². The summed E-state index contributed by atoms with van der Waals surface area (Å²) >= 11 is 3.50. The maximum absolute atomic E-state index is 12.8. The molecule has 100 valence electrons. The maximum atomic E-state index is 12.8. The topological polar surface area (TPSA) is 34.1 Å². The summed E-state index contributed by atoms with van der Waals surface area (Å²) in [5.41, 5.74) is 1.98. The standard InChI is InChI=1S/C18H9BrO2/c19-15-7-3-6-11-10(15)8-9-14-16(11)18(21)13-5-2-1-4-12(13)17(14)20/h1-9H. The molecule has 0 unspecified atom stereocenters. The van der Waals surface area contributed by atoms with E-state index in [0.717, 1.165) is 15.2 Å². The van der Waals surface area contributed by atoms with Crippen LogP contribution in [0, 0.1) is 0 Å². The monoisotopic (exact) mass is 336 g/mol. The molecule has 0 aliphatic heterocycles. The molecule has 0 bridgehead atoms. The summed E-state index contributed by atoms with van der Waals surface area (Å²) in [5.74, 6) is -0.161. The summed E-state index contributed by atoms with van der Waals surface area (Å²) in [4.78, 5) is 25.4. The number of benzene rings is 3. The third-order valence-corrected chi connectivity index (χ3v) is 4.59. The number of carbonyl (C=O) groups is 2.